The number of hydrogen-bond donors (Lipinski definition) is 1. The molecule has 1 aliphatic carbocycles. The number of unbranched alkanes of at least 4 members (excludes halogenated alkanes) is 9. The Morgan fingerprint density at radius 2 is 1.21 bits per heavy atom. The van der Waals surface area contributed by atoms with Gasteiger partial charge in [0.1, 0.15) is 0 Å². The fourth-order valence-corrected chi connectivity index (χ4v) is 3.80. The van der Waals surface area contributed by atoms with E-state index in [2.05, 4.69) is 39.9 Å². The Hall–Kier alpha value is -0.0400. The standard InChI is InChI=1S/C20H40.C7H17N/c1-3-4-14-19(2)15-12-10-8-6-5-7-9-11-13-16-20-17-18-20;1-4-7(3)6-8-5-2/h19-20H,3-18H2,1-2H3;7-8H,4-6H2,1-3H3. The van der Waals surface area contributed by atoms with Gasteiger partial charge in [-0.05, 0) is 30.8 Å². The van der Waals surface area contributed by atoms with Crippen LogP contribution in [-0.4, -0.2) is 13.1 Å². The zero-order chi connectivity index (χ0) is 20.9. The molecule has 0 spiro atoms. The molecule has 170 valence electrons. The summed E-state index contributed by atoms with van der Waals surface area (Å²) in [5.74, 6) is 2.96. The maximum atomic E-state index is 3.30. The first-order chi connectivity index (χ1) is 13.6. The Labute approximate surface area is 180 Å². The largest absolute Gasteiger partial charge is 0.317 e. The van der Waals surface area contributed by atoms with Crippen LogP contribution in [0, 0.1) is 17.8 Å². The lowest BCUT2D eigenvalue weighted by atomic mass is 9.97. The molecule has 28 heavy (non-hydrogen) atoms. The Bertz CT molecular complexity index is 284. The van der Waals surface area contributed by atoms with Crippen LogP contribution in [0.1, 0.15) is 144 Å². The van der Waals surface area contributed by atoms with Crippen molar-refractivity contribution < 1.29 is 0 Å². The summed E-state index contributed by atoms with van der Waals surface area (Å²) in [4.78, 5) is 0. The van der Waals surface area contributed by atoms with Gasteiger partial charge in [0.15, 0.2) is 0 Å². The van der Waals surface area contributed by atoms with Crippen molar-refractivity contribution in [3.05, 3.63) is 0 Å². The lowest BCUT2D eigenvalue weighted by Gasteiger charge is -2.10. The van der Waals surface area contributed by atoms with Crippen LogP contribution in [-0.2, 0) is 0 Å². The maximum absolute atomic E-state index is 3.30. The minimum Gasteiger partial charge on any atom is -0.317 e. The van der Waals surface area contributed by atoms with Gasteiger partial charge in [0, 0.05) is 0 Å². The van der Waals surface area contributed by atoms with E-state index in [1.165, 1.54) is 116 Å². The molecule has 0 aliphatic heterocycles. The molecule has 1 rings (SSSR count). The molecule has 0 bridgehead atoms. The second kappa shape index (κ2) is 21.7. The van der Waals surface area contributed by atoms with E-state index in [1.54, 1.807) is 0 Å². The highest BCUT2D eigenvalue weighted by Gasteiger charge is 2.19. The molecule has 1 aliphatic rings. The van der Waals surface area contributed by atoms with Gasteiger partial charge in [-0.15, -0.1) is 0 Å². The molecule has 1 N–H and O–H groups in total. The summed E-state index contributed by atoms with van der Waals surface area (Å²) in [5.41, 5.74) is 0. The van der Waals surface area contributed by atoms with Gasteiger partial charge < -0.3 is 5.32 Å². The third-order valence-electron chi connectivity index (χ3n) is 6.50. The van der Waals surface area contributed by atoms with E-state index in [-0.39, 0.29) is 0 Å². The smallest absolute Gasteiger partial charge is 0.00234 e. The number of nitrogens with one attached hydrogen (secondary N) is 1. The van der Waals surface area contributed by atoms with E-state index in [4.69, 9.17) is 0 Å². The predicted molar refractivity (Wildman–Crippen MR) is 130 cm³/mol. The highest BCUT2D eigenvalue weighted by molar-refractivity contribution is 4.72. The van der Waals surface area contributed by atoms with Crippen LogP contribution in [0.15, 0.2) is 0 Å². The van der Waals surface area contributed by atoms with Crippen molar-refractivity contribution in [1.82, 2.24) is 5.32 Å². The van der Waals surface area contributed by atoms with E-state index in [9.17, 15) is 0 Å². The van der Waals surface area contributed by atoms with Crippen molar-refractivity contribution in [3.8, 4) is 0 Å². The quantitative estimate of drug-likeness (QED) is 0.215. The molecule has 0 radical (unpaired) electrons. The third kappa shape index (κ3) is 22.3. The molecule has 0 aromatic rings. The predicted octanol–water partition coefficient (Wildman–Crippen LogP) is 9.16. The fraction of sp³-hybridized carbons (Fsp3) is 1.00. The second-order valence-electron chi connectivity index (χ2n) is 9.77. The van der Waals surface area contributed by atoms with Gasteiger partial charge in [-0.2, -0.15) is 0 Å². The molecule has 0 amide bonds. The second-order valence-corrected chi connectivity index (χ2v) is 9.77. The highest BCUT2D eigenvalue weighted by atomic mass is 14.8. The zero-order valence-corrected chi connectivity index (χ0v) is 20.7. The molecule has 0 aromatic carbocycles. The van der Waals surface area contributed by atoms with Crippen LogP contribution in [0.5, 0.6) is 0 Å². The first-order valence-corrected chi connectivity index (χ1v) is 13.3. The van der Waals surface area contributed by atoms with Crippen molar-refractivity contribution in [1.29, 1.82) is 0 Å². The van der Waals surface area contributed by atoms with Crippen molar-refractivity contribution in [3.63, 3.8) is 0 Å². The highest BCUT2D eigenvalue weighted by Crippen LogP contribution is 2.34. The zero-order valence-electron chi connectivity index (χ0n) is 20.7. The number of rotatable bonds is 19. The maximum Gasteiger partial charge on any atom is -0.00234 e. The molecule has 1 nitrogen and oxygen atoms in total. The number of hydrogen-bond acceptors (Lipinski definition) is 1. The first kappa shape index (κ1) is 28.0. The Balaban J connectivity index is 0.000000769. The Morgan fingerprint density at radius 1 is 0.679 bits per heavy atom. The third-order valence-corrected chi connectivity index (χ3v) is 6.50. The minimum absolute atomic E-state index is 0.843. The molecular formula is C27H57N. The van der Waals surface area contributed by atoms with Crippen molar-refractivity contribution >= 4 is 0 Å². The van der Waals surface area contributed by atoms with Crippen molar-refractivity contribution in [2.75, 3.05) is 13.1 Å². The monoisotopic (exact) mass is 395 g/mol. The van der Waals surface area contributed by atoms with Crippen LogP contribution in [0.4, 0.5) is 0 Å². The molecule has 1 fully saturated rings. The fourth-order valence-electron chi connectivity index (χ4n) is 3.80. The summed E-state index contributed by atoms with van der Waals surface area (Å²) in [6, 6.07) is 0. The summed E-state index contributed by atoms with van der Waals surface area (Å²) in [7, 11) is 0. The van der Waals surface area contributed by atoms with Crippen LogP contribution < -0.4 is 5.32 Å². The van der Waals surface area contributed by atoms with Gasteiger partial charge in [0.05, 0.1) is 0 Å². The summed E-state index contributed by atoms with van der Waals surface area (Å²) >= 11 is 0. The Morgan fingerprint density at radius 3 is 1.71 bits per heavy atom. The van der Waals surface area contributed by atoms with Crippen LogP contribution in [0.3, 0.4) is 0 Å². The topological polar surface area (TPSA) is 12.0 Å². The average Bonchev–Trinajstić information content (AvgIpc) is 3.53. The molecule has 0 heterocycles. The van der Waals surface area contributed by atoms with Crippen molar-refractivity contribution in [2.24, 2.45) is 17.8 Å². The molecular weight excluding hydrogens is 338 g/mol. The van der Waals surface area contributed by atoms with Crippen LogP contribution >= 0.6 is 0 Å². The molecule has 2 atom stereocenters. The van der Waals surface area contributed by atoms with Gasteiger partial charge in [0.25, 0.3) is 0 Å². The average molecular weight is 396 g/mol. The van der Waals surface area contributed by atoms with Gasteiger partial charge >= 0.3 is 0 Å². The summed E-state index contributed by atoms with van der Waals surface area (Å²) in [6.45, 7) is 13.7. The van der Waals surface area contributed by atoms with E-state index < -0.39 is 0 Å². The molecule has 0 saturated heterocycles. The SMILES string of the molecule is CCCCC(C)CCCCCCCCCCCC1CC1.CCNCC(C)CC. The lowest BCUT2D eigenvalue weighted by molar-refractivity contribution is 0.440. The van der Waals surface area contributed by atoms with Gasteiger partial charge in [-0.25, -0.2) is 0 Å². The summed E-state index contributed by atoms with van der Waals surface area (Å²) in [6.07, 6.45) is 25.1. The lowest BCUT2D eigenvalue weighted by Crippen LogP contribution is -2.19. The summed E-state index contributed by atoms with van der Waals surface area (Å²) < 4.78 is 0. The molecule has 2 unspecified atom stereocenters. The van der Waals surface area contributed by atoms with E-state index in [1.807, 2.05) is 0 Å². The van der Waals surface area contributed by atoms with Gasteiger partial charge in [-0.1, -0.05) is 144 Å². The minimum atomic E-state index is 0.843. The normalized spacial score (nSPS) is 15.8. The summed E-state index contributed by atoms with van der Waals surface area (Å²) in [5, 5.41) is 3.30. The van der Waals surface area contributed by atoms with Crippen LogP contribution in [0.25, 0.3) is 0 Å². The van der Waals surface area contributed by atoms with Crippen LogP contribution in [0.2, 0.25) is 0 Å². The van der Waals surface area contributed by atoms with E-state index >= 15 is 0 Å². The van der Waals surface area contributed by atoms with Crippen molar-refractivity contribution in [2.45, 2.75) is 144 Å². The first-order valence-electron chi connectivity index (χ1n) is 13.3. The molecule has 0 aromatic heterocycles. The Kier molecular flexibility index (Phi) is 21.6. The van der Waals surface area contributed by atoms with Gasteiger partial charge in [-0.3, -0.25) is 0 Å². The molecule has 1 heteroatoms. The van der Waals surface area contributed by atoms with E-state index in [0.717, 1.165) is 24.3 Å². The molecule has 1 saturated carbocycles. The van der Waals surface area contributed by atoms with Gasteiger partial charge in [0.2, 0.25) is 0 Å². The van der Waals surface area contributed by atoms with E-state index in [0.29, 0.717) is 0 Å².